The Morgan fingerprint density at radius 3 is 2.38 bits per heavy atom. The van der Waals surface area contributed by atoms with Crippen LogP contribution < -0.4 is 0 Å². The van der Waals surface area contributed by atoms with Crippen molar-refractivity contribution in [2.45, 2.75) is 13.3 Å². The fraction of sp³-hybridized carbons (Fsp3) is 0.111. The summed E-state index contributed by atoms with van der Waals surface area (Å²) in [5.41, 5.74) is 1.51. The second-order valence-corrected chi connectivity index (χ2v) is 6.10. The van der Waals surface area contributed by atoms with Crippen molar-refractivity contribution in [3.8, 4) is 0 Å². The third kappa shape index (κ3) is 2.36. The topological polar surface area (TPSA) is 81.0 Å². The Bertz CT molecular complexity index is 1050. The van der Waals surface area contributed by atoms with Gasteiger partial charge in [-0.2, -0.15) is 0 Å². The van der Waals surface area contributed by atoms with Crippen molar-refractivity contribution in [3.63, 3.8) is 0 Å². The van der Waals surface area contributed by atoms with E-state index in [2.05, 4.69) is 4.98 Å². The van der Waals surface area contributed by atoms with Crippen LogP contribution in [0.5, 0.6) is 0 Å². The molecule has 4 rings (SSSR count). The number of amides is 2. The van der Waals surface area contributed by atoms with Crippen LogP contribution in [-0.4, -0.2) is 32.2 Å². The third-order valence-electron chi connectivity index (χ3n) is 4.11. The van der Waals surface area contributed by atoms with Crippen molar-refractivity contribution in [1.82, 2.24) is 14.4 Å². The first-order chi connectivity index (χ1) is 12.5. The van der Waals surface area contributed by atoms with E-state index >= 15 is 0 Å². The van der Waals surface area contributed by atoms with E-state index in [-0.39, 0.29) is 16.8 Å². The first-order valence-electron chi connectivity index (χ1n) is 7.88. The molecule has 0 radical (unpaired) electrons. The summed E-state index contributed by atoms with van der Waals surface area (Å²) in [6.07, 6.45) is 1.99. The number of carbonyl (C=O) groups excluding carboxylic acids is 3. The number of carbonyl (C=O) groups is 3. The fourth-order valence-electron chi connectivity index (χ4n) is 2.91. The number of imide groups is 1. The van der Waals surface area contributed by atoms with Crippen molar-refractivity contribution >= 4 is 35.0 Å². The molecule has 2 amide bonds. The molecule has 0 saturated carbocycles. The lowest BCUT2D eigenvalue weighted by molar-refractivity contribution is -0.0590. The quantitative estimate of drug-likeness (QED) is 0.663. The molecule has 0 spiro atoms. The Morgan fingerprint density at radius 2 is 1.77 bits per heavy atom. The van der Waals surface area contributed by atoms with E-state index in [9.17, 15) is 14.4 Å². The number of hydrogen-bond donors (Lipinski definition) is 0. The highest BCUT2D eigenvalue weighted by molar-refractivity contribution is 6.30. The van der Waals surface area contributed by atoms with Crippen LogP contribution in [0.4, 0.5) is 0 Å². The molecule has 8 heteroatoms. The minimum Gasteiger partial charge on any atom is -0.322 e. The molecule has 2 aromatic heterocycles. The van der Waals surface area contributed by atoms with Crippen LogP contribution in [0.1, 0.15) is 43.8 Å². The Labute approximate surface area is 152 Å². The molecule has 7 nitrogen and oxygen atoms in total. The van der Waals surface area contributed by atoms with Crippen LogP contribution in [0.25, 0.3) is 5.65 Å². The summed E-state index contributed by atoms with van der Waals surface area (Å²) in [6, 6.07) is 9.61. The smallest absolute Gasteiger partial charge is 0.322 e. The Hall–Kier alpha value is -3.19. The average Bonchev–Trinajstić information content (AvgIpc) is 3.12. The monoisotopic (exact) mass is 369 g/mol. The first-order valence-corrected chi connectivity index (χ1v) is 8.25. The fourth-order valence-corrected chi connectivity index (χ4v) is 3.07. The Balaban J connectivity index is 1.72. The molecule has 1 aliphatic heterocycles. The lowest BCUT2D eigenvalue weighted by atomic mass is 10.1. The summed E-state index contributed by atoms with van der Waals surface area (Å²) in [5, 5.41) is 0.892. The molecular formula is C18H12ClN3O4. The number of imidazole rings is 1. The van der Waals surface area contributed by atoms with Gasteiger partial charge in [-0.15, -0.1) is 0 Å². The molecule has 0 N–H and O–H groups in total. The predicted molar refractivity (Wildman–Crippen MR) is 91.9 cm³/mol. The highest BCUT2D eigenvalue weighted by atomic mass is 35.5. The third-order valence-corrected chi connectivity index (χ3v) is 4.34. The average molecular weight is 370 g/mol. The van der Waals surface area contributed by atoms with Gasteiger partial charge < -0.3 is 4.84 Å². The van der Waals surface area contributed by atoms with Crippen LogP contribution in [-0.2, 0) is 11.3 Å². The second kappa shape index (κ2) is 5.96. The van der Waals surface area contributed by atoms with Crippen molar-refractivity contribution < 1.29 is 19.2 Å². The van der Waals surface area contributed by atoms with E-state index < -0.39 is 17.8 Å². The van der Waals surface area contributed by atoms with Crippen LogP contribution in [0.15, 0.2) is 42.6 Å². The molecule has 26 heavy (non-hydrogen) atoms. The zero-order valence-corrected chi connectivity index (χ0v) is 14.4. The summed E-state index contributed by atoms with van der Waals surface area (Å²) < 4.78 is 1.49. The number of rotatable bonds is 3. The van der Waals surface area contributed by atoms with Crippen molar-refractivity contribution in [2.75, 3.05) is 0 Å². The van der Waals surface area contributed by atoms with Gasteiger partial charge in [0.05, 0.1) is 21.8 Å². The van der Waals surface area contributed by atoms with Gasteiger partial charge in [0.1, 0.15) is 5.65 Å². The standard InChI is InChI=1S/C18H12ClN3O4/c1-2-13-15(21-9-10(19)7-8-14(21)20-13)18(25)26-22-16(23)11-5-3-4-6-12(11)17(22)24/h3-9H,2H2,1H3. The van der Waals surface area contributed by atoms with Gasteiger partial charge >= 0.3 is 5.97 Å². The first kappa shape index (κ1) is 16.3. The molecule has 0 fully saturated rings. The van der Waals surface area contributed by atoms with Crippen LogP contribution >= 0.6 is 11.6 Å². The highest BCUT2D eigenvalue weighted by Crippen LogP contribution is 2.24. The number of nitrogens with zero attached hydrogens (tertiary/aromatic N) is 3. The van der Waals surface area contributed by atoms with Crippen molar-refractivity contribution in [2.24, 2.45) is 0 Å². The van der Waals surface area contributed by atoms with Crippen molar-refractivity contribution in [3.05, 3.63) is 70.1 Å². The Kier molecular flexibility index (Phi) is 3.73. The number of hydrogen-bond acceptors (Lipinski definition) is 5. The SMILES string of the molecule is CCc1nc2ccc(Cl)cn2c1C(=O)ON1C(=O)c2ccccc2C1=O. The number of aromatic nitrogens is 2. The number of halogens is 1. The lowest BCUT2D eigenvalue weighted by Gasteiger charge is -2.13. The van der Waals surface area contributed by atoms with Gasteiger partial charge in [-0.1, -0.05) is 35.7 Å². The number of pyridine rings is 1. The molecule has 0 saturated heterocycles. The molecule has 0 aliphatic carbocycles. The number of benzene rings is 1. The van der Waals surface area contributed by atoms with E-state index in [1.165, 1.54) is 22.7 Å². The maximum atomic E-state index is 12.7. The second-order valence-electron chi connectivity index (χ2n) is 5.67. The van der Waals surface area contributed by atoms with E-state index in [0.717, 1.165) is 0 Å². The molecule has 3 heterocycles. The van der Waals surface area contributed by atoms with Gasteiger partial charge in [0, 0.05) is 6.20 Å². The van der Waals surface area contributed by atoms with Gasteiger partial charge in [0.25, 0.3) is 11.8 Å². The molecule has 0 atom stereocenters. The normalized spacial score (nSPS) is 13.4. The van der Waals surface area contributed by atoms with E-state index in [1.54, 1.807) is 24.3 Å². The minimum absolute atomic E-state index is 0.126. The number of aryl methyl sites for hydroxylation is 1. The lowest BCUT2D eigenvalue weighted by Crippen LogP contribution is -2.33. The van der Waals surface area contributed by atoms with Crippen LogP contribution in [0, 0.1) is 0 Å². The summed E-state index contributed by atoms with van der Waals surface area (Å²) in [6.45, 7) is 1.84. The van der Waals surface area contributed by atoms with Gasteiger partial charge in [-0.3, -0.25) is 14.0 Å². The number of fused-ring (bicyclic) bond motifs is 2. The van der Waals surface area contributed by atoms with E-state index in [4.69, 9.17) is 16.4 Å². The molecule has 1 aromatic carbocycles. The summed E-state index contributed by atoms with van der Waals surface area (Å²) in [4.78, 5) is 47.0. The minimum atomic E-state index is -0.855. The predicted octanol–water partition coefficient (Wildman–Crippen LogP) is 2.92. The largest absolute Gasteiger partial charge is 0.382 e. The molecule has 1 aliphatic rings. The van der Waals surface area contributed by atoms with Gasteiger partial charge in [-0.25, -0.2) is 9.78 Å². The zero-order valence-electron chi connectivity index (χ0n) is 13.6. The maximum Gasteiger partial charge on any atom is 0.382 e. The Morgan fingerprint density at radius 1 is 1.12 bits per heavy atom. The maximum absolute atomic E-state index is 12.7. The summed E-state index contributed by atoms with van der Waals surface area (Å²) in [5.74, 6) is -2.21. The van der Waals surface area contributed by atoms with Gasteiger partial charge in [-0.05, 0) is 30.7 Å². The zero-order chi connectivity index (χ0) is 18.4. The van der Waals surface area contributed by atoms with Crippen molar-refractivity contribution in [1.29, 1.82) is 0 Å². The molecule has 0 unspecified atom stereocenters. The number of hydroxylamine groups is 2. The molecule has 130 valence electrons. The van der Waals surface area contributed by atoms with Gasteiger partial charge in [0.2, 0.25) is 0 Å². The van der Waals surface area contributed by atoms with E-state index in [1.807, 2.05) is 6.92 Å². The van der Waals surface area contributed by atoms with Gasteiger partial charge in [0.15, 0.2) is 5.69 Å². The van der Waals surface area contributed by atoms with Crippen LogP contribution in [0.2, 0.25) is 5.02 Å². The van der Waals surface area contributed by atoms with Crippen LogP contribution in [0.3, 0.4) is 0 Å². The highest BCUT2D eigenvalue weighted by Gasteiger charge is 2.39. The molecule has 3 aromatic rings. The van der Waals surface area contributed by atoms with E-state index in [0.29, 0.717) is 27.8 Å². The summed E-state index contributed by atoms with van der Waals surface area (Å²) in [7, 11) is 0. The molecular weight excluding hydrogens is 358 g/mol. The molecule has 0 bridgehead atoms. The summed E-state index contributed by atoms with van der Waals surface area (Å²) >= 11 is 6.01.